The van der Waals surface area contributed by atoms with E-state index in [0.717, 1.165) is 42.0 Å². The van der Waals surface area contributed by atoms with Crippen LogP contribution in [-0.4, -0.2) is 43.8 Å². The molecule has 0 spiro atoms. The molecule has 1 atom stereocenters. The molecular formula is C32H35Cl4N3O4S. The Morgan fingerprint density at radius 2 is 1.55 bits per heavy atom. The first-order valence-electron chi connectivity index (χ1n) is 14.5. The van der Waals surface area contributed by atoms with Gasteiger partial charge in [0.05, 0.1) is 25.7 Å². The number of sulfonamides is 1. The Hall–Kier alpha value is -2.49. The first-order valence-corrected chi connectivity index (χ1v) is 17.4. The summed E-state index contributed by atoms with van der Waals surface area (Å²) in [5, 5.41) is 4.11. The lowest BCUT2D eigenvalue weighted by molar-refractivity contribution is -0.140. The number of amides is 2. The van der Waals surface area contributed by atoms with E-state index >= 15 is 0 Å². The standard InChI is InChI=1S/C32H35Cl4N3O4S/c1-3-29(32(41)37-24-7-5-4-6-8-24)38(19-22-11-15-26(34)28(36)17-22)31(40)20-39(30-18-23(33)12-16-27(30)35)44(42,43)25-13-9-21(2)10-14-25/h9-18,24,29H,3-8,19-20H2,1-2H3,(H,37,41)/t29-/m1/s1. The van der Waals surface area contributed by atoms with E-state index < -0.39 is 28.5 Å². The molecule has 0 aliphatic heterocycles. The van der Waals surface area contributed by atoms with Crippen molar-refractivity contribution in [3.05, 3.63) is 91.9 Å². The maximum absolute atomic E-state index is 14.3. The van der Waals surface area contributed by atoms with Crippen molar-refractivity contribution in [2.45, 2.75) is 75.9 Å². The van der Waals surface area contributed by atoms with Crippen LogP contribution in [0.3, 0.4) is 0 Å². The SMILES string of the molecule is CC[C@H](C(=O)NC1CCCCC1)N(Cc1ccc(Cl)c(Cl)c1)C(=O)CN(c1cc(Cl)ccc1Cl)S(=O)(=O)c1ccc(C)cc1. The topological polar surface area (TPSA) is 86.8 Å². The van der Waals surface area contributed by atoms with Gasteiger partial charge in [0.1, 0.15) is 12.6 Å². The van der Waals surface area contributed by atoms with Crippen LogP contribution in [-0.2, 0) is 26.2 Å². The zero-order valence-electron chi connectivity index (χ0n) is 24.5. The number of halogens is 4. The van der Waals surface area contributed by atoms with Gasteiger partial charge >= 0.3 is 0 Å². The predicted octanol–water partition coefficient (Wildman–Crippen LogP) is 8.06. The maximum atomic E-state index is 14.3. The van der Waals surface area contributed by atoms with Gasteiger partial charge < -0.3 is 10.2 Å². The monoisotopic (exact) mass is 697 g/mol. The third kappa shape index (κ3) is 8.40. The number of rotatable bonds is 11. The minimum Gasteiger partial charge on any atom is -0.352 e. The largest absolute Gasteiger partial charge is 0.352 e. The lowest BCUT2D eigenvalue weighted by Gasteiger charge is -2.34. The molecular weight excluding hydrogens is 664 g/mol. The highest BCUT2D eigenvalue weighted by Crippen LogP contribution is 2.34. The third-order valence-corrected chi connectivity index (χ3v) is 10.8. The second kappa shape index (κ2) is 15.2. The summed E-state index contributed by atoms with van der Waals surface area (Å²) < 4.78 is 29.1. The van der Waals surface area contributed by atoms with Crippen molar-refractivity contribution >= 4 is 73.9 Å². The van der Waals surface area contributed by atoms with Crippen LogP contribution < -0.4 is 9.62 Å². The third-order valence-electron chi connectivity index (χ3n) is 7.74. The first-order chi connectivity index (χ1) is 20.9. The average Bonchev–Trinajstić information content (AvgIpc) is 2.99. The van der Waals surface area contributed by atoms with Crippen molar-refractivity contribution in [3.63, 3.8) is 0 Å². The van der Waals surface area contributed by atoms with E-state index in [4.69, 9.17) is 46.4 Å². The van der Waals surface area contributed by atoms with Crippen molar-refractivity contribution in [3.8, 4) is 0 Å². The van der Waals surface area contributed by atoms with Crippen LogP contribution >= 0.6 is 46.4 Å². The average molecular weight is 700 g/mol. The van der Waals surface area contributed by atoms with Crippen LogP contribution in [0.1, 0.15) is 56.6 Å². The zero-order chi connectivity index (χ0) is 32.0. The van der Waals surface area contributed by atoms with Crippen LogP contribution in [0.2, 0.25) is 20.1 Å². The summed E-state index contributed by atoms with van der Waals surface area (Å²) >= 11 is 25.2. The van der Waals surface area contributed by atoms with Gasteiger partial charge in [0.15, 0.2) is 0 Å². The van der Waals surface area contributed by atoms with Crippen LogP contribution in [0, 0.1) is 6.92 Å². The molecule has 0 heterocycles. The first kappa shape index (κ1) is 34.4. The highest BCUT2D eigenvalue weighted by Gasteiger charge is 2.35. The molecule has 1 N–H and O–H groups in total. The molecule has 2 amide bonds. The molecule has 0 unspecified atom stereocenters. The maximum Gasteiger partial charge on any atom is 0.264 e. The van der Waals surface area contributed by atoms with Crippen molar-refractivity contribution in [2.75, 3.05) is 10.8 Å². The van der Waals surface area contributed by atoms with Gasteiger partial charge in [-0.15, -0.1) is 0 Å². The van der Waals surface area contributed by atoms with Crippen molar-refractivity contribution in [2.24, 2.45) is 0 Å². The lowest BCUT2D eigenvalue weighted by atomic mass is 9.95. The Labute approximate surface area is 279 Å². The molecule has 1 fully saturated rings. The number of hydrogen-bond donors (Lipinski definition) is 1. The molecule has 1 aliphatic carbocycles. The smallest absolute Gasteiger partial charge is 0.264 e. The van der Waals surface area contributed by atoms with Crippen LogP contribution in [0.4, 0.5) is 5.69 Å². The molecule has 0 radical (unpaired) electrons. The van der Waals surface area contributed by atoms with E-state index in [1.165, 1.54) is 35.2 Å². The Morgan fingerprint density at radius 3 is 2.18 bits per heavy atom. The lowest BCUT2D eigenvalue weighted by Crippen LogP contribution is -2.54. The van der Waals surface area contributed by atoms with Gasteiger partial charge in [0.25, 0.3) is 10.0 Å². The Bertz CT molecular complexity index is 1600. The highest BCUT2D eigenvalue weighted by atomic mass is 35.5. The summed E-state index contributed by atoms with van der Waals surface area (Å²) in [7, 11) is -4.30. The Kier molecular flexibility index (Phi) is 11.9. The molecule has 0 bridgehead atoms. The number of nitrogens with one attached hydrogen (secondary N) is 1. The van der Waals surface area contributed by atoms with E-state index in [1.54, 1.807) is 30.3 Å². The van der Waals surface area contributed by atoms with Gasteiger partial charge in [-0.1, -0.05) is 96.4 Å². The fraction of sp³-hybridized carbons (Fsp3) is 0.375. The predicted molar refractivity (Wildman–Crippen MR) is 178 cm³/mol. The van der Waals surface area contributed by atoms with Gasteiger partial charge in [0, 0.05) is 17.6 Å². The van der Waals surface area contributed by atoms with Gasteiger partial charge in [0.2, 0.25) is 11.8 Å². The fourth-order valence-electron chi connectivity index (χ4n) is 5.33. The number of hydrogen-bond acceptors (Lipinski definition) is 4. The van der Waals surface area contributed by atoms with E-state index in [-0.39, 0.29) is 39.1 Å². The van der Waals surface area contributed by atoms with E-state index in [9.17, 15) is 18.0 Å². The van der Waals surface area contributed by atoms with Gasteiger partial charge in [-0.3, -0.25) is 13.9 Å². The molecule has 1 aliphatic rings. The number of aryl methyl sites for hydroxylation is 1. The Morgan fingerprint density at radius 1 is 0.886 bits per heavy atom. The molecule has 0 aromatic heterocycles. The number of carbonyl (C=O) groups excluding carboxylic acids is 2. The quantitative estimate of drug-likeness (QED) is 0.220. The summed E-state index contributed by atoms with van der Waals surface area (Å²) in [6, 6.07) is 14.8. The summed E-state index contributed by atoms with van der Waals surface area (Å²) in [6.07, 6.45) is 5.23. The van der Waals surface area contributed by atoms with Gasteiger partial charge in [-0.05, 0) is 74.2 Å². The van der Waals surface area contributed by atoms with Crippen molar-refractivity contribution in [1.29, 1.82) is 0 Å². The Balaban J connectivity index is 1.75. The second-order valence-electron chi connectivity index (χ2n) is 11.0. The van der Waals surface area contributed by atoms with Crippen LogP contribution in [0.15, 0.2) is 65.6 Å². The fourth-order valence-corrected chi connectivity index (χ4v) is 7.51. The van der Waals surface area contributed by atoms with E-state index in [2.05, 4.69) is 5.32 Å². The second-order valence-corrected chi connectivity index (χ2v) is 14.5. The van der Waals surface area contributed by atoms with Gasteiger partial charge in [-0.25, -0.2) is 8.42 Å². The normalized spacial score (nSPS) is 14.6. The van der Waals surface area contributed by atoms with E-state index in [0.29, 0.717) is 22.0 Å². The van der Waals surface area contributed by atoms with Crippen LogP contribution in [0.25, 0.3) is 0 Å². The van der Waals surface area contributed by atoms with Gasteiger partial charge in [-0.2, -0.15) is 0 Å². The molecule has 236 valence electrons. The minimum absolute atomic E-state index is 0.00594. The molecule has 1 saturated carbocycles. The van der Waals surface area contributed by atoms with Crippen LogP contribution in [0.5, 0.6) is 0 Å². The summed E-state index contributed by atoms with van der Waals surface area (Å²) in [6.45, 7) is 3.02. The number of anilines is 1. The molecule has 44 heavy (non-hydrogen) atoms. The molecule has 4 rings (SSSR count). The molecule has 0 saturated heterocycles. The molecule has 3 aromatic carbocycles. The van der Waals surface area contributed by atoms with Crippen molar-refractivity contribution < 1.29 is 18.0 Å². The summed E-state index contributed by atoms with van der Waals surface area (Å²) in [5.41, 5.74) is 1.54. The molecule has 3 aromatic rings. The molecule has 12 heteroatoms. The minimum atomic E-state index is -4.30. The number of carbonyl (C=O) groups is 2. The zero-order valence-corrected chi connectivity index (χ0v) is 28.4. The highest BCUT2D eigenvalue weighted by molar-refractivity contribution is 7.92. The number of nitrogens with zero attached hydrogens (tertiary/aromatic N) is 2. The van der Waals surface area contributed by atoms with E-state index in [1.807, 2.05) is 13.8 Å². The molecule has 7 nitrogen and oxygen atoms in total. The summed E-state index contributed by atoms with van der Waals surface area (Å²) in [5.74, 6) is -0.894. The van der Waals surface area contributed by atoms with Crippen molar-refractivity contribution in [1.82, 2.24) is 10.2 Å². The summed E-state index contributed by atoms with van der Waals surface area (Å²) in [4.78, 5) is 29.4. The number of benzene rings is 3.